The summed E-state index contributed by atoms with van der Waals surface area (Å²) in [6, 6.07) is 18.0. The SMILES string of the molecule is COc1ccc([C@H]2CC(c3ccc(OC)cc3OC)=NN2C(=O)CN(C)C(=O)c2ccccc2F)cc1. The highest BCUT2D eigenvalue weighted by Crippen LogP contribution is 2.36. The van der Waals surface area contributed by atoms with Crippen molar-refractivity contribution in [2.75, 3.05) is 34.9 Å². The Morgan fingerprint density at radius 1 is 0.973 bits per heavy atom. The van der Waals surface area contributed by atoms with Gasteiger partial charge in [0.2, 0.25) is 0 Å². The summed E-state index contributed by atoms with van der Waals surface area (Å²) < 4.78 is 30.3. The quantitative estimate of drug-likeness (QED) is 0.456. The highest BCUT2D eigenvalue weighted by molar-refractivity contribution is 6.05. The Hall–Kier alpha value is -4.40. The molecule has 3 aromatic rings. The van der Waals surface area contributed by atoms with Crippen LogP contribution >= 0.6 is 0 Å². The Labute approximate surface area is 214 Å². The van der Waals surface area contributed by atoms with Gasteiger partial charge >= 0.3 is 0 Å². The van der Waals surface area contributed by atoms with Gasteiger partial charge in [0, 0.05) is 25.1 Å². The van der Waals surface area contributed by atoms with Gasteiger partial charge in [0.05, 0.1) is 38.6 Å². The first-order chi connectivity index (χ1) is 17.9. The molecule has 1 aliphatic heterocycles. The summed E-state index contributed by atoms with van der Waals surface area (Å²) in [6.45, 7) is -0.281. The summed E-state index contributed by atoms with van der Waals surface area (Å²) >= 11 is 0. The summed E-state index contributed by atoms with van der Waals surface area (Å²) in [5.41, 5.74) is 2.13. The standard InChI is InChI=1S/C28H28FN3O5/c1-31(28(34)21-7-5-6-8-23(21)29)17-27(33)32-25(18-9-11-19(35-2)12-10-18)16-24(30-32)22-14-13-20(36-3)15-26(22)37-4/h5-15,25H,16-17H2,1-4H3/t25-/m1/s1. The fraction of sp³-hybridized carbons (Fsp3) is 0.250. The van der Waals surface area contributed by atoms with E-state index < -0.39 is 23.7 Å². The van der Waals surface area contributed by atoms with Crippen molar-refractivity contribution < 1.29 is 28.2 Å². The molecule has 1 aliphatic rings. The van der Waals surface area contributed by atoms with Crippen molar-refractivity contribution in [3.8, 4) is 17.2 Å². The van der Waals surface area contributed by atoms with Gasteiger partial charge in [-0.2, -0.15) is 5.10 Å². The normalized spacial score (nSPS) is 14.7. The molecule has 0 saturated carbocycles. The average molecular weight is 506 g/mol. The molecule has 0 unspecified atom stereocenters. The smallest absolute Gasteiger partial charge is 0.262 e. The van der Waals surface area contributed by atoms with E-state index in [1.165, 1.54) is 35.2 Å². The molecule has 1 atom stereocenters. The Balaban J connectivity index is 1.65. The van der Waals surface area contributed by atoms with Crippen molar-refractivity contribution in [3.05, 3.63) is 89.2 Å². The number of carbonyl (C=O) groups is 2. The van der Waals surface area contributed by atoms with Crippen LogP contribution in [0.2, 0.25) is 0 Å². The molecule has 9 heteroatoms. The number of carbonyl (C=O) groups excluding carboxylic acids is 2. The molecule has 1 heterocycles. The van der Waals surface area contributed by atoms with Gasteiger partial charge in [0.15, 0.2) is 0 Å². The third-order valence-electron chi connectivity index (χ3n) is 6.21. The third-order valence-corrected chi connectivity index (χ3v) is 6.21. The molecule has 0 saturated heterocycles. The van der Waals surface area contributed by atoms with E-state index in [1.807, 2.05) is 30.3 Å². The van der Waals surface area contributed by atoms with Gasteiger partial charge < -0.3 is 19.1 Å². The summed E-state index contributed by atoms with van der Waals surface area (Å²) in [5.74, 6) is 0.242. The molecule has 0 fully saturated rings. The predicted molar refractivity (Wildman–Crippen MR) is 137 cm³/mol. The zero-order valence-corrected chi connectivity index (χ0v) is 21.1. The molecule has 0 bridgehead atoms. The molecule has 0 N–H and O–H groups in total. The first kappa shape index (κ1) is 25.7. The molecule has 8 nitrogen and oxygen atoms in total. The van der Waals surface area contributed by atoms with Crippen molar-refractivity contribution in [2.45, 2.75) is 12.5 Å². The van der Waals surface area contributed by atoms with Crippen molar-refractivity contribution >= 4 is 17.5 Å². The second-order valence-electron chi connectivity index (χ2n) is 8.49. The van der Waals surface area contributed by atoms with Crippen LogP contribution in [0.25, 0.3) is 0 Å². The summed E-state index contributed by atoms with van der Waals surface area (Å²) in [6.07, 6.45) is 0.422. The number of hydrogen-bond donors (Lipinski definition) is 0. The highest BCUT2D eigenvalue weighted by atomic mass is 19.1. The van der Waals surface area contributed by atoms with E-state index in [4.69, 9.17) is 14.2 Å². The van der Waals surface area contributed by atoms with Crippen molar-refractivity contribution in [2.24, 2.45) is 5.10 Å². The lowest BCUT2D eigenvalue weighted by atomic mass is 9.97. The molecule has 3 aromatic carbocycles. The molecule has 0 aliphatic carbocycles. The minimum Gasteiger partial charge on any atom is -0.497 e. The van der Waals surface area contributed by atoms with E-state index in [-0.39, 0.29) is 12.1 Å². The predicted octanol–water partition coefficient (Wildman–Crippen LogP) is 4.30. The first-order valence-electron chi connectivity index (χ1n) is 11.6. The largest absolute Gasteiger partial charge is 0.497 e. The minimum atomic E-state index is -0.643. The number of benzene rings is 3. The van der Waals surface area contributed by atoms with Crippen LogP contribution < -0.4 is 14.2 Å². The van der Waals surface area contributed by atoms with Crippen molar-refractivity contribution in [1.82, 2.24) is 9.91 Å². The molecule has 0 aromatic heterocycles. The fourth-order valence-electron chi connectivity index (χ4n) is 4.21. The maximum absolute atomic E-state index is 14.2. The van der Waals surface area contributed by atoms with Gasteiger partial charge in [0.1, 0.15) is 29.6 Å². The Morgan fingerprint density at radius 3 is 2.30 bits per heavy atom. The molecule has 0 radical (unpaired) electrons. The lowest BCUT2D eigenvalue weighted by Gasteiger charge is -2.25. The maximum Gasteiger partial charge on any atom is 0.262 e. The average Bonchev–Trinajstić information content (AvgIpc) is 3.38. The van der Waals surface area contributed by atoms with E-state index in [9.17, 15) is 14.0 Å². The van der Waals surface area contributed by atoms with Crippen LogP contribution in [0, 0.1) is 5.82 Å². The van der Waals surface area contributed by atoms with Crippen LogP contribution in [0.1, 0.15) is 33.9 Å². The monoisotopic (exact) mass is 505 g/mol. The van der Waals surface area contributed by atoms with Crippen LogP contribution in [0.3, 0.4) is 0 Å². The number of likely N-dealkylation sites (N-methyl/N-ethyl adjacent to an activating group) is 1. The van der Waals surface area contributed by atoms with E-state index in [2.05, 4.69) is 5.10 Å². The number of rotatable bonds is 8. The molecular weight excluding hydrogens is 477 g/mol. The van der Waals surface area contributed by atoms with E-state index in [1.54, 1.807) is 39.5 Å². The Bertz CT molecular complexity index is 1330. The van der Waals surface area contributed by atoms with Crippen LogP contribution in [-0.4, -0.2) is 62.4 Å². The van der Waals surface area contributed by atoms with Gasteiger partial charge in [-0.3, -0.25) is 9.59 Å². The van der Waals surface area contributed by atoms with Gasteiger partial charge in [-0.25, -0.2) is 9.40 Å². The number of methoxy groups -OCH3 is 3. The topological polar surface area (TPSA) is 80.7 Å². The zero-order chi connectivity index (χ0) is 26.5. The lowest BCUT2D eigenvalue weighted by molar-refractivity contribution is -0.133. The van der Waals surface area contributed by atoms with Crippen LogP contribution in [0.4, 0.5) is 4.39 Å². The number of amides is 2. The van der Waals surface area contributed by atoms with Gasteiger partial charge in [0.25, 0.3) is 11.8 Å². The van der Waals surface area contributed by atoms with Crippen LogP contribution in [0.15, 0.2) is 71.8 Å². The molecule has 0 spiro atoms. The van der Waals surface area contributed by atoms with E-state index in [0.29, 0.717) is 29.4 Å². The fourth-order valence-corrected chi connectivity index (χ4v) is 4.21. The maximum atomic E-state index is 14.2. The number of ether oxygens (including phenoxy) is 3. The summed E-state index contributed by atoms with van der Waals surface area (Å²) in [5, 5.41) is 6.04. The second-order valence-corrected chi connectivity index (χ2v) is 8.49. The zero-order valence-electron chi connectivity index (χ0n) is 21.1. The summed E-state index contributed by atoms with van der Waals surface area (Å²) in [4.78, 5) is 27.5. The molecule has 4 rings (SSSR count). The molecule has 192 valence electrons. The van der Waals surface area contributed by atoms with Gasteiger partial charge in [-0.15, -0.1) is 0 Å². The first-order valence-corrected chi connectivity index (χ1v) is 11.6. The molecule has 2 amide bonds. The molecule has 37 heavy (non-hydrogen) atoms. The number of hydrazone groups is 1. The number of halogens is 1. The van der Waals surface area contributed by atoms with E-state index in [0.717, 1.165) is 11.1 Å². The van der Waals surface area contributed by atoms with Gasteiger partial charge in [-0.05, 0) is 42.0 Å². The minimum absolute atomic E-state index is 0.0990. The van der Waals surface area contributed by atoms with Crippen molar-refractivity contribution in [1.29, 1.82) is 0 Å². The van der Waals surface area contributed by atoms with Crippen molar-refractivity contribution in [3.63, 3.8) is 0 Å². The summed E-state index contributed by atoms with van der Waals surface area (Å²) in [7, 11) is 6.17. The van der Waals surface area contributed by atoms with E-state index >= 15 is 0 Å². The highest BCUT2D eigenvalue weighted by Gasteiger charge is 2.35. The molecular formula is C28H28FN3O5. The lowest BCUT2D eigenvalue weighted by Crippen LogP contribution is -2.39. The second kappa shape index (κ2) is 11.1. The number of hydrogen-bond acceptors (Lipinski definition) is 6. The Morgan fingerprint density at radius 2 is 1.65 bits per heavy atom. The third kappa shape index (κ3) is 5.40. The van der Waals surface area contributed by atoms with Crippen LogP contribution in [0.5, 0.6) is 17.2 Å². The Kier molecular flexibility index (Phi) is 7.71. The number of nitrogens with zero attached hydrogens (tertiary/aromatic N) is 3. The van der Waals surface area contributed by atoms with Gasteiger partial charge in [-0.1, -0.05) is 24.3 Å². The van der Waals surface area contributed by atoms with Crippen LogP contribution in [-0.2, 0) is 4.79 Å².